The van der Waals surface area contributed by atoms with Crippen molar-refractivity contribution >= 4 is 0 Å². The van der Waals surface area contributed by atoms with Gasteiger partial charge in [-0.15, -0.1) is 0 Å². The highest BCUT2D eigenvalue weighted by molar-refractivity contribution is 5.41. The van der Waals surface area contributed by atoms with Gasteiger partial charge in [0, 0.05) is 12.1 Å². The van der Waals surface area contributed by atoms with E-state index in [2.05, 4.69) is 68.6 Å². The van der Waals surface area contributed by atoms with Crippen molar-refractivity contribution in [2.24, 2.45) is 0 Å². The number of hydrogen-bond acceptors (Lipinski definition) is 2. The molecule has 0 unspecified atom stereocenters. The lowest BCUT2D eigenvalue weighted by molar-refractivity contribution is 0.299. The molecule has 0 amide bonds. The molecule has 2 aromatic rings. The van der Waals surface area contributed by atoms with Gasteiger partial charge in [-0.25, -0.2) is 0 Å². The maximum Gasteiger partial charge on any atom is 0.127 e. The molecular weight excluding hydrogens is 258 g/mol. The fraction of sp³-hybridized carbons (Fsp3) is 0.368. The van der Waals surface area contributed by atoms with Crippen LogP contribution in [0, 0.1) is 13.8 Å². The summed E-state index contributed by atoms with van der Waals surface area (Å²) in [5, 5.41) is 3.45. The van der Waals surface area contributed by atoms with Gasteiger partial charge in [0.2, 0.25) is 0 Å². The highest BCUT2D eigenvalue weighted by Crippen LogP contribution is 2.25. The van der Waals surface area contributed by atoms with Crippen LogP contribution in [0.1, 0.15) is 35.6 Å². The van der Waals surface area contributed by atoms with Crippen LogP contribution in [0.2, 0.25) is 0 Å². The van der Waals surface area contributed by atoms with Crippen molar-refractivity contribution in [2.75, 3.05) is 6.54 Å². The van der Waals surface area contributed by atoms with Crippen molar-refractivity contribution in [1.29, 1.82) is 0 Å². The second-order valence-electron chi connectivity index (χ2n) is 5.46. The maximum absolute atomic E-state index is 6.13. The Balaban J connectivity index is 2.09. The van der Waals surface area contributed by atoms with Gasteiger partial charge in [-0.05, 0) is 43.5 Å². The fourth-order valence-corrected chi connectivity index (χ4v) is 2.38. The van der Waals surface area contributed by atoms with Crippen LogP contribution >= 0.6 is 0 Å². The summed E-state index contributed by atoms with van der Waals surface area (Å²) >= 11 is 0. The molecule has 2 nitrogen and oxygen atoms in total. The smallest absolute Gasteiger partial charge is 0.127 e. The Labute approximate surface area is 128 Å². The molecule has 0 bridgehead atoms. The van der Waals surface area contributed by atoms with Gasteiger partial charge in [-0.3, -0.25) is 0 Å². The Kier molecular flexibility index (Phi) is 5.82. The van der Waals surface area contributed by atoms with Crippen LogP contribution in [0.4, 0.5) is 0 Å². The van der Waals surface area contributed by atoms with E-state index < -0.39 is 0 Å². The quantitative estimate of drug-likeness (QED) is 0.761. The molecule has 2 heteroatoms. The molecule has 0 saturated carbocycles. The highest BCUT2D eigenvalue weighted by atomic mass is 16.5. The lowest BCUT2D eigenvalue weighted by Crippen LogP contribution is -2.15. The summed E-state index contributed by atoms with van der Waals surface area (Å²) in [6.07, 6.45) is 1.14. The number of benzene rings is 2. The van der Waals surface area contributed by atoms with Crippen molar-refractivity contribution in [3.8, 4) is 5.75 Å². The molecule has 0 spiro atoms. The normalized spacial score (nSPS) is 10.6. The molecule has 0 aliphatic heterocycles. The molecule has 2 rings (SSSR count). The van der Waals surface area contributed by atoms with Crippen molar-refractivity contribution in [1.82, 2.24) is 5.32 Å². The zero-order chi connectivity index (χ0) is 15.1. The summed E-state index contributed by atoms with van der Waals surface area (Å²) in [5.41, 5.74) is 4.95. The van der Waals surface area contributed by atoms with Crippen LogP contribution in [0.5, 0.6) is 5.75 Å². The lowest BCUT2D eigenvalue weighted by atomic mass is 10.1. The average molecular weight is 283 g/mol. The zero-order valence-electron chi connectivity index (χ0n) is 13.3. The van der Waals surface area contributed by atoms with Gasteiger partial charge >= 0.3 is 0 Å². The third kappa shape index (κ3) is 4.33. The first kappa shape index (κ1) is 15.6. The predicted molar refractivity (Wildman–Crippen MR) is 88.7 cm³/mol. The summed E-state index contributed by atoms with van der Waals surface area (Å²) in [6.45, 7) is 8.93. The number of para-hydroxylation sites is 1. The fourth-order valence-electron chi connectivity index (χ4n) is 2.38. The summed E-state index contributed by atoms with van der Waals surface area (Å²) in [4.78, 5) is 0. The van der Waals surface area contributed by atoms with Crippen LogP contribution in [-0.2, 0) is 13.2 Å². The lowest BCUT2D eigenvalue weighted by Gasteiger charge is -2.15. The summed E-state index contributed by atoms with van der Waals surface area (Å²) in [7, 11) is 0. The SMILES string of the molecule is CCCNCc1cccc(C)c1OCc1ccccc1C. The van der Waals surface area contributed by atoms with E-state index >= 15 is 0 Å². The first-order valence-electron chi connectivity index (χ1n) is 7.69. The standard InChI is InChI=1S/C19H25NO/c1-4-12-20-13-17-11-7-9-16(3)19(17)21-14-18-10-6-5-8-15(18)2/h5-11,20H,4,12-14H2,1-3H3. The van der Waals surface area contributed by atoms with E-state index in [9.17, 15) is 0 Å². The average Bonchev–Trinajstić information content (AvgIpc) is 2.48. The first-order valence-corrected chi connectivity index (χ1v) is 7.69. The van der Waals surface area contributed by atoms with Gasteiger partial charge in [0.25, 0.3) is 0 Å². The molecule has 0 atom stereocenters. The second-order valence-corrected chi connectivity index (χ2v) is 5.46. The molecule has 112 valence electrons. The highest BCUT2D eigenvalue weighted by Gasteiger charge is 2.07. The molecule has 0 aliphatic rings. The van der Waals surface area contributed by atoms with E-state index in [-0.39, 0.29) is 0 Å². The van der Waals surface area contributed by atoms with Crippen molar-refractivity contribution in [2.45, 2.75) is 40.3 Å². The molecule has 0 aromatic heterocycles. The largest absolute Gasteiger partial charge is 0.488 e. The molecule has 0 saturated heterocycles. The maximum atomic E-state index is 6.13. The monoisotopic (exact) mass is 283 g/mol. The van der Waals surface area contributed by atoms with E-state index in [1.54, 1.807) is 0 Å². The molecular formula is C19H25NO. The number of rotatable bonds is 7. The van der Waals surface area contributed by atoms with Crippen LogP contribution in [-0.4, -0.2) is 6.54 Å². The third-order valence-corrected chi connectivity index (χ3v) is 3.67. The Morgan fingerprint density at radius 2 is 1.62 bits per heavy atom. The summed E-state index contributed by atoms with van der Waals surface area (Å²) in [6, 6.07) is 14.7. The topological polar surface area (TPSA) is 21.3 Å². The Morgan fingerprint density at radius 1 is 0.905 bits per heavy atom. The Hall–Kier alpha value is -1.80. The van der Waals surface area contributed by atoms with Crippen LogP contribution in [0.3, 0.4) is 0 Å². The van der Waals surface area contributed by atoms with E-state index in [1.807, 2.05) is 0 Å². The third-order valence-electron chi connectivity index (χ3n) is 3.67. The molecule has 0 fully saturated rings. The molecule has 0 radical (unpaired) electrons. The van der Waals surface area contributed by atoms with Crippen LogP contribution < -0.4 is 10.1 Å². The molecule has 2 aromatic carbocycles. The van der Waals surface area contributed by atoms with E-state index in [0.717, 1.165) is 25.3 Å². The number of hydrogen-bond donors (Lipinski definition) is 1. The first-order chi connectivity index (χ1) is 10.2. The van der Waals surface area contributed by atoms with Gasteiger partial charge in [0.15, 0.2) is 0 Å². The van der Waals surface area contributed by atoms with E-state index in [4.69, 9.17) is 4.74 Å². The van der Waals surface area contributed by atoms with Crippen molar-refractivity contribution < 1.29 is 4.74 Å². The predicted octanol–water partition coefficient (Wildman–Crippen LogP) is 4.38. The minimum absolute atomic E-state index is 0.623. The zero-order valence-corrected chi connectivity index (χ0v) is 13.3. The minimum Gasteiger partial charge on any atom is -0.488 e. The number of nitrogens with one attached hydrogen (secondary N) is 1. The number of aryl methyl sites for hydroxylation is 2. The van der Waals surface area contributed by atoms with Gasteiger partial charge in [-0.2, -0.15) is 0 Å². The van der Waals surface area contributed by atoms with Crippen molar-refractivity contribution in [3.05, 3.63) is 64.7 Å². The second kappa shape index (κ2) is 7.84. The minimum atomic E-state index is 0.623. The van der Waals surface area contributed by atoms with Crippen LogP contribution in [0.15, 0.2) is 42.5 Å². The number of ether oxygens (including phenoxy) is 1. The van der Waals surface area contributed by atoms with Gasteiger partial charge < -0.3 is 10.1 Å². The van der Waals surface area contributed by atoms with Gasteiger partial charge in [0.1, 0.15) is 12.4 Å². The Bertz CT molecular complexity index is 578. The van der Waals surface area contributed by atoms with Crippen LogP contribution in [0.25, 0.3) is 0 Å². The summed E-state index contributed by atoms with van der Waals surface area (Å²) < 4.78 is 6.13. The van der Waals surface area contributed by atoms with E-state index in [1.165, 1.54) is 22.3 Å². The molecule has 1 N–H and O–H groups in total. The molecule has 21 heavy (non-hydrogen) atoms. The summed E-state index contributed by atoms with van der Waals surface area (Å²) in [5.74, 6) is 1.02. The Morgan fingerprint density at radius 3 is 2.38 bits per heavy atom. The van der Waals surface area contributed by atoms with Gasteiger partial charge in [0.05, 0.1) is 0 Å². The van der Waals surface area contributed by atoms with Crippen molar-refractivity contribution in [3.63, 3.8) is 0 Å². The molecule has 0 heterocycles. The van der Waals surface area contributed by atoms with Gasteiger partial charge in [-0.1, -0.05) is 49.4 Å². The molecule has 0 aliphatic carbocycles. The van der Waals surface area contributed by atoms with E-state index in [0.29, 0.717) is 6.61 Å².